The summed E-state index contributed by atoms with van der Waals surface area (Å²) in [5, 5.41) is 0. The zero-order valence-corrected chi connectivity index (χ0v) is 12.0. The first-order chi connectivity index (χ1) is 4.11. The van der Waals surface area contributed by atoms with Crippen LogP contribution in [0.4, 0.5) is 0 Å². The normalized spacial score (nSPS) is 12.7. The molecule has 0 saturated carbocycles. The van der Waals surface area contributed by atoms with Crippen LogP contribution in [0.2, 0.25) is 0 Å². The summed E-state index contributed by atoms with van der Waals surface area (Å²) < 4.78 is 0. The molecule has 0 spiro atoms. The van der Waals surface area contributed by atoms with E-state index in [0.717, 1.165) is 6.42 Å². The second-order valence-electron chi connectivity index (χ2n) is 3.45. The van der Waals surface area contributed by atoms with E-state index < -0.39 is 0 Å². The molecule has 0 aromatic carbocycles. The van der Waals surface area contributed by atoms with Crippen LogP contribution in [0.5, 0.6) is 0 Å². The Bertz CT molecular complexity index is 158. The molecule has 0 fully saturated rings. The predicted molar refractivity (Wildman–Crippen MR) is 59.2 cm³/mol. The van der Waals surface area contributed by atoms with Gasteiger partial charge in [-0.3, -0.25) is 6.08 Å². The molecule has 1 aliphatic rings. The molecule has 1 heteroatoms. The summed E-state index contributed by atoms with van der Waals surface area (Å²) in [6.45, 7) is 6.64. The van der Waals surface area contributed by atoms with Crippen molar-refractivity contribution in [1.29, 1.82) is 0 Å². The topological polar surface area (TPSA) is 0 Å². The van der Waals surface area contributed by atoms with E-state index in [1.165, 1.54) is 5.57 Å². The van der Waals surface area contributed by atoms with E-state index in [-0.39, 0.29) is 43.3 Å². The van der Waals surface area contributed by atoms with Crippen LogP contribution in [0, 0.1) is 33.8 Å². The summed E-state index contributed by atoms with van der Waals surface area (Å²) in [6, 6.07) is 0. The van der Waals surface area contributed by atoms with Crippen LogP contribution < -0.4 is 0 Å². The second kappa shape index (κ2) is 8.75. The van der Waals surface area contributed by atoms with Crippen LogP contribution in [0.3, 0.4) is 0 Å². The van der Waals surface area contributed by atoms with E-state index in [2.05, 4.69) is 39.0 Å². The molecule has 0 heterocycles. The number of rotatable bonds is 0. The van der Waals surface area contributed by atoms with Crippen molar-refractivity contribution in [2.45, 2.75) is 27.2 Å². The Kier molecular flexibility index (Phi) is 15.6. The Morgan fingerprint density at radius 3 is 1.77 bits per heavy atom. The minimum Gasteiger partial charge on any atom is -0.358 e. The summed E-state index contributed by atoms with van der Waals surface area (Å²) in [5.74, 6) is 0. The van der Waals surface area contributed by atoms with Gasteiger partial charge in [-0.2, -0.15) is 6.08 Å². The fourth-order valence-corrected chi connectivity index (χ4v) is 0.920. The van der Waals surface area contributed by atoms with Gasteiger partial charge in [0.05, 0.1) is 0 Å². The zero-order valence-electron chi connectivity index (χ0n) is 9.68. The minimum absolute atomic E-state index is 0. The van der Waals surface area contributed by atoms with Crippen molar-refractivity contribution in [2.75, 3.05) is 0 Å². The Hall–Kier alpha value is 0.168. The average Bonchev–Trinajstić information content (AvgIpc) is 2.08. The SMILES string of the molecule is CC(C)(C)C1=[C-]CC=C1.[CH3-].[CH3-].[CH3-].[Pt+4]. The Balaban J connectivity index is -0.000000101. The van der Waals surface area contributed by atoms with Crippen molar-refractivity contribution in [2.24, 2.45) is 5.41 Å². The van der Waals surface area contributed by atoms with Gasteiger partial charge in [-0.15, -0.1) is 6.42 Å². The number of allylic oxidation sites excluding steroid dienone is 4. The van der Waals surface area contributed by atoms with Gasteiger partial charge in [0.1, 0.15) is 0 Å². The van der Waals surface area contributed by atoms with E-state index in [9.17, 15) is 0 Å². The fraction of sp³-hybridized carbons (Fsp3) is 0.417. The van der Waals surface area contributed by atoms with Crippen molar-refractivity contribution in [3.8, 4) is 0 Å². The molecule has 1 aliphatic carbocycles. The third kappa shape index (κ3) is 7.26. The first-order valence-corrected chi connectivity index (χ1v) is 3.38. The third-order valence-electron chi connectivity index (χ3n) is 1.50. The third-order valence-corrected chi connectivity index (χ3v) is 1.50. The summed E-state index contributed by atoms with van der Waals surface area (Å²) in [7, 11) is 0. The van der Waals surface area contributed by atoms with Gasteiger partial charge in [-0.05, 0) is 5.41 Å². The second-order valence-corrected chi connectivity index (χ2v) is 3.45. The molecular weight excluding hydrogens is 339 g/mol. The van der Waals surface area contributed by atoms with Gasteiger partial charge < -0.3 is 22.3 Å². The summed E-state index contributed by atoms with van der Waals surface area (Å²) >= 11 is 0. The molecule has 0 saturated heterocycles. The van der Waals surface area contributed by atoms with E-state index in [0.29, 0.717) is 5.41 Å². The van der Waals surface area contributed by atoms with Crippen molar-refractivity contribution >= 4 is 0 Å². The Morgan fingerprint density at radius 1 is 1.15 bits per heavy atom. The summed E-state index contributed by atoms with van der Waals surface area (Å²) in [6.07, 6.45) is 8.63. The van der Waals surface area contributed by atoms with Gasteiger partial charge in [-0.1, -0.05) is 20.8 Å². The molecule has 0 aromatic rings. The first kappa shape index (κ1) is 23.2. The minimum atomic E-state index is 0. The maximum atomic E-state index is 3.30. The molecule has 0 atom stereocenters. The van der Waals surface area contributed by atoms with Gasteiger partial charge in [0.15, 0.2) is 0 Å². The van der Waals surface area contributed by atoms with Crippen LogP contribution in [0.15, 0.2) is 17.7 Å². The molecule has 0 aromatic heterocycles. The van der Waals surface area contributed by atoms with Gasteiger partial charge >= 0.3 is 21.1 Å². The molecule has 0 unspecified atom stereocenters. The maximum absolute atomic E-state index is 3.30. The standard InChI is InChI=1S/C9H13.3CH3.Pt/c1-9(2,3)8-6-4-5-7-8;;;;/h4,6H,5H2,1-3H3;3*1H3;/q4*-1;+4. The monoisotopic (exact) mass is 361 g/mol. The number of hydrogen-bond donors (Lipinski definition) is 0. The molecular formula is C12H22Pt. The molecule has 0 aliphatic heterocycles. The molecule has 0 amide bonds. The van der Waals surface area contributed by atoms with Crippen LogP contribution in [-0.4, -0.2) is 0 Å². The number of hydrogen-bond acceptors (Lipinski definition) is 0. The van der Waals surface area contributed by atoms with E-state index in [1.54, 1.807) is 0 Å². The first-order valence-electron chi connectivity index (χ1n) is 3.38. The summed E-state index contributed by atoms with van der Waals surface area (Å²) in [4.78, 5) is 0. The average molecular weight is 361 g/mol. The van der Waals surface area contributed by atoms with Crippen molar-refractivity contribution < 1.29 is 21.1 Å². The molecule has 0 N–H and O–H groups in total. The molecule has 1 rings (SSSR count). The molecule has 0 bridgehead atoms. The Morgan fingerprint density at radius 2 is 1.62 bits per heavy atom. The molecule has 80 valence electrons. The molecule has 13 heavy (non-hydrogen) atoms. The molecule has 0 nitrogen and oxygen atoms in total. The van der Waals surface area contributed by atoms with E-state index in [4.69, 9.17) is 0 Å². The van der Waals surface area contributed by atoms with Crippen molar-refractivity contribution in [3.05, 3.63) is 46.1 Å². The van der Waals surface area contributed by atoms with Crippen molar-refractivity contribution in [1.82, 2.24) is 0 Å². The van der Waals surface area contributed by atoms with Crippen LogP contribution in [0.1, 0.15) is 27.2 Å². The van der Waals surface area contributed by atoms with Crippen LogP contribution >= 0.6 is 0 Å². The Labute approximate surface area is 99.8 Å². The quantitative estimate of drug-likeness (QED) is 0.571. The van der Waals surface area contributed by atoms with Crippen LogP contribution in [-0.2, 0) is 21.1 Å². The predicted octanol–water partition coefficient (Wildman–Crippen LogP) is 4.07. The van der Waals surface area contributed by atoms with Gasteiger partial charge in [0, 0.05) is 0 Å². The zero-order chi connectivity index (χ0) is 6.91. The maximum Gasteiger partial charge on any atom is 4.00 e. The van der Waals surface area contributed by atoms with Crippen molar-refractivity contribution in [3.63, 3.8) is 0 Å². The van der Waals surface area contributed by atoms with Crippen LogP contribution in [0.25, 0.3) is 0 Å². The summed E-state index contributed by atoms with van der Waals surface area (Å²) in [5.41, 5.74) is 1.65. The smallest absolute Gasteiger partial charge is 0.358 e. The van der Waals surface area contributed by atoms with E-state index in [1.807, 2.05) is 0 Å². The van der Waals surface area contributed by atoms with Gasteiger partial charge in [0.25, 0.3) is 0 Å². The fourth-order valence-electron chi connectivity index (χ4n) is 0.920. The van der Waals surface area contributed by atoms with E-state index >= 15 is 0 Å². The molecule has 0 radical (unpaired) electrons. The van der Waals surface area contributed by atoms with Gasteiger partial charge in [0.2, 0.25) is 0 Å². The van der Waals surface area contributed by atoms with Gasteiger partial charge in [-0.25, -0.2) is 11.6 Å². The largest absolute Gasteiger partial charge is 4.00 e.